The number of halogens is 1. The maximum Gasteiger partial charge on any atom is 1.00 e. The maximum absolute atomic E-state index is 12.9. The van der Waals surface area contributed by atoms with E-state index in [2.05, 4.69) is 20.1 Å². The molecule has 2 atom stereocenters. The van der Waals surface area contributed by atoms with Crippen LogP contribution in [-0.2, 0) is 14.4 Å². The van der Waals surface area contributed by atoms with Crippen molar-refractivity contribution in [3.63, 3.8) is 0 Å². The number of aliphatic carboxylic acids is 1. The molecule has 190 valence electrons. The number of nitrogen functional groups attached to an aromatic ring is 1. The van der Waals surface area contributed by atoms with Crippen molar-refractivity contribution < 1.29 is 68.5 Å². The van der Waals surface area contributed by atoms with E-state index in [9.17, 15) is 29.0 Å². The Morgan fingerprint density at radius 3 is 2.59 bits per heavy atom. The molecule has 0 spiro atoms. The van der Waals surface area contributed by atoms with Crippen molar-refractivity contribution >= 4 is 69.0 Å². The summed E-state index contributed by atoms with van der Waals surface area (Å²) in [6, 6.07) is -1.84. The molecule has 0 saturated carbocycles. The van der Waals surface area contributed by atoms with Crippen LogP contribution in [0.4, 0.5) is 9.52 Å². The average Bonchev–Trinajstić information content (AvgIpc) is 3.49. The number of carbonyl (C=O) groups is 3. The van der Waals surface area contributed by atoms with Crippen LogP contribution in [0.5, 0.6) is 0 Å². The van der Waals surface area contributed by atoms with Gasteiger partial charge in [0.2, 0.25) is 0 Å². The first-order valence-corrected chi connectivity index (χ1v) is 12.7. The molecule has 37 heavy (non-hydrogen) atoms. The second-order valence-corrected chi connectivity index (χ2v) is 10.3. The third-order valence-corrected chi connectivity index (χ3v) is 7.78. The number of anilines is 1. The minimum absolute atomic E-state index is 0. The molecule has 0 aliphatic carbocycles. The predicted octanol–water partition coefficient (Wildman–Crippen LogP) is -2.21. The number of alkyl halides is 1. The number of allylic oxidation sites excluding steroid dienone is 1. The van der Waals surface area contributed by atoms with Crippen molar-refractivity contribution in [1.29, 1.82) is 0 Å². The number of nitrogens with two attached hydrogens (primary N) is 1. The van der Waals surface area contributed by atoms with Gasteiger partial charge in [0, 0.05) is 21.6 Å². The Morgan fingerprint density at radius 1 is 1.27 bits per heavy atom. The monoisotopic (exact) mass is 578 g/mol. The van der Waals surface area contributed by atoms with E-state index in [1.165, 1.54) is 10.8 Å². The summed E-state index contributed by atoms with van der Waals surface area (Å²) in [4.78, 5) is 53.9. The van der Waals surface area contributed by atoms with Gasteiger partial charge in [0.05, 0.1) is 6.04 Å². The topological polar surface area (TPSA) is 204 Å². The van der Waals surface area contributed by atoms with Crippen molar-refractivity contribution in [2.24, 2.45) is 10.1 Å². The van der Waals surface area contributed by atoms with Gasteiger partial charge in [-0.15, -0.1) is 22.7 Å². The molecule has 0 unspecified atom stereocenters. The first kappa shape index (κ1) is 29.0. The average molecular weight is 579 g/mol. The molecule has 2 aromatic rings. The zero-order valence-corrected chi connectivity index (χ0v) is 23.4. The number of nitrogens with zero attached hydrogens (tertiary/aromatic N) is 5. The van der Waals surface area contributed by atoms with E-state index in [0.717, 1.165) is 39.3 Å². The first-order valence-electron chi connectivity index (χ1n) is 10.1. The molecule has 4 N–H and O–H groups in total. The minimum Gasteiger partial charge on any atom is -0.857 e. The van der Waals surface area contributed by atoms with Crippen LogP contribution < -0.4 is 40.4 Å². The number of hydrogen-bond acceptors (Lipinski definition) is 13. The number of carboxylic acids is 2. The van der Waals surface area contributed by atoms with E-state index in [1.807, 2.05) is 0 Å². The largest absolute Gasteiger partial charge is 1.00 e. The molecular weight excluding hydrogens is 562 g/mol. The summed E-state index contributed by atoms with van der Waals surface area (Å²) < 4.78 is 12.7. The Bertz CT molecular complexity index is 1310. The molecule has 0 aromatic carbocycles. The van der Waals surface area contributed by atoms with E-state index in [0.29, 0.717) is 15.7 Å². The zero-order chi connectivity index (χ0) is 26.0. The van der Waals surface area contributed by atoms with Crippen molar-refractivity contribution in [3.8, 4) is 0 Å². The summed E-state index contributed by atoms with van der Waals surface area (Å²) in [5.41, 5.74) is 4.86. The zero-order valence-electron chi connectivity index (χ0n) is 19.0. The van der Waals surface area contributed by atoms with E-state index in [4.69, 9.17) is 15.7 Å². The number of carboxylic acid groups (broad SMARTS) is 2. The number of aromatic nitrogens is 2. The van der Waals surface area contributed by atoms with Gasteiger partial charge in [-0.2, -0.15) is 0 Å². The predicted molar refractivity (Wildman–Crippen MR) is 126 cm³/mol. The van der Waals surface area contributed by atoms with Gasteiger partial charge in [-0.05, 0) is 12.8 Å². The third kappa shape index (κ3) is 6.12. The molecule has 0 bridgehead atoms. The Labute approximate surface area is 242 Å². The molecule has 0 radical (unpaired) electrons. The minimum atomic E-state index is -1.35. The number of amides is 1. The molecule has 1 fully saturated rings. The van der Waals surface area contributed by atoms with E-state index < -0.39 is 49.1 Å². The Morgan fingerprint density at radius 2 is 2.00 bits per heavy atom. The SMILES string of the molecule is Nc1nc(/C(=N\OCCF)C([O-])=N[C@@H]2C(=O)N3C(C(=O)O)=C(Sc4nc(C(=O)O)cs4)CC[C@H]23)cs1.[Na+]. The fourth-order valence-corrected chi connectivity index (χ4v) is 6.08. The molecule has 18 heteroatoms. The van der Waals surface area contributed by atoms with Crippen molar-refractivity contribution in [2.75, 3.05) is 19.0 Å². The van der Waals surface area contributed by atoms with Gasteiger partial charge in [-0.1, -0.05) is 16.9 Å². The van der Waals surface area contributed by atoms with Crippen LogP contribution in [-0.4, -0.2) is 79.9 Å². The summed E-state index contributed by atoms with van der Waals surface area (Å²) in [7, 11) is 0. The number of carbonyl (C=O) groups excluding carboxylic acids is 1. The number of thiazole rings is 2. The Hall–Kier alpha value is -2.57. The number of rotatable bonds is 10. The maximum atomic E-state index is 12.9. The van der Waals surface area contributed by atoms with Gasteiger partial charge in [0.15, 0.2) is 15.2 Å². The van der Waals surface area contributed by atoms with Crippen molar-refractivity contribution in [1.82, 2.24) is 14.9 Å². The van der Waals surface area contributed by atoms with Crippen LogP contribution in [0, 0.1) is 0 Å². The number of thioether (sulfide) groups is 1. The molecule has 2 aliphatic rings. The number of β-lactam (4-membered cyclic amide) rings is 1. The molecule has 13 nitrogen and oxygen atoms in total. The van der Waals surface area contributed by atoms with Crippen molar-refractivity contribution in [2.45, 2.75) is 29.3 Å². The fourth-order valence-electron chi connectivity index (χ4n) is 3.52. The number of aromatic carboxylic acids is 1. The molecule has 1 amide bonds. The second-order valence-electron chi connectivity index (χ2n) is 7.21. The van der Waals surface area contributed by atoms with Gasteiger partial charge < -0.3 is 25.9 Å². The summed E-state index contributed by atoms with van der Waals surface area (Å²) >= 11 is 3.05. The summed E-state index contributed by atoms with van der Waals surface area (Å²) in [5.74, 6) is -4.20. The Balaban J connectivity index is 0.00000380. The van der Waals surface area contributed by atoms with Crippen LogP contribution in [0.1, 0.15) is 29.0 Å². The molecule has 2 aliphatic heterocycles. The quantitative estimate of drug-likeness (QED) is 0.0689. The molecule has 4 rings (SSSR count). The van der Waals surface area contributed by atoms with Gasteiger partial charge in [0.1, 0.15) is 36.4 Å². The van der Waals surface area contributed by atoms with E-state index in [-0.39, 0.29) is 63.9 Å². The van der Waals surface area contributed by atoms with Gasteiger partial charge in [0.25, 0.3) is 5.91 Å². The standard InChI is InChI=1S/C19H17FN6O7S3.Na/c20-3-4-33-25-11(7-5-34-18(21)22-7)14(27)24-12-9-1-2-10(13(17(31)32)26(9)15(12)28)36-19-23-8(6-35-19)16(29)30;/h5-6,9,12H,1-4H2,(H2,21,22)(H,24,27)(H,29,30)(H,31,32);/q;+1/p-1/b25-11+;/t9-,12+;/m1./s1. The van der Waals surface area contributed by atoms with Gasteiger partial charge in [-0.25, -0.2) is 23.9 Å². The van der Waals surface area contributed by atoms with E-state index >= 15 is 0 Å². The normalized spacial score (nSPS) is 19.7. The van der Waals surface area contributed by atoms with E-state index in [1.54, 1.807) is 0 Å². The van der Waals surface area contributed by atoms with Crippen LogP contribution in [0.2, 0.25) is 0 Å². The molecular formula is C19H16FN6NaO7S3. The summed E-state index contributed by atoms with van der Waals surface area (Å²) in [6.07, 6.45) is 0.546. The molecule has 4 heterocycles. The van der Waals surface area contributed by atoms with Crippen LogP contribution in [0.3, 0.4) is 0 Å². The van der Waals surface area contributed by atoms with Crippen LogP contribution >= 0.6 is 34.4 Å². The second kappa shape index (κ2) is 12.3. The summed E-state index contributed by atoms with van der Waals surface area (Å²) in [5, 5.41) is 38.2. The van der Waals surface area contributed by atoms with Crippen molar-refractivity contribution in [3.05, 3.63) is 32.8 Å². The van der Waals surface area contributed by atoms with Gasteiger partial charge >= 0.3 is 41.5 Å². The molecule has 1 saturated heterocycles. The Kier molecular flexibility index (Phi) is 9.65. The fraction of sp³-hybridized carbons (Fsp3) is 0.316. The van der Waals surface area contributed by atoms with Crippen LogP contribution in [0.15, 0.2) is 35.9 Å². The van der Waals surface area contributed by atoms with Gasteiger partial charge in [-0.3, -0.25) is 14.7 Å². The number of fused-ring (bicyclic) bond motifs is 1. The summed E-state index contributed by atoms with van der Waals surface area (Å²) in [6.45, 7) is -1.25. The molecule has 2 aromatic heterocycles. The third-order valence-electron chi connectivity index (χ3n) is 5.02. The number of aliphatic imine (C=N–C) groups is 1. The van der Waals surface area contributed by atoms with Crippen LogP contribution in [0.25, 0.3) is 0 Å². The number of oxime groups is 1. The first-order chi connectivity index (χ1) is 17.2. The smallest absolute Gasteiger partial charge is 0.857 e. The number of hydrogen-bond donors (Lipinski definition) is 3.